The van der Waals surface area contributed by atoms with Gasteiger partial charge in [0.1, 0.15) is 0 Å². The Hall–Kier alpha value is -6.72. The Bertz CT molecular complexity index is 2420. The van der Waals surface area contributed by atoms with Gasteiger partial charge in [0.05, 0.1) is 45.6 Å². The lowest BCUT2D eigenvalue weighted by Crippen LogP contribution is -2.06. The lowest BCUT2D eigenvalue weighted by atomic mass is 9.91. The van der Waals surface area contributed by atoms with E-state index in [1.54, 1.807) is 0 Å². The molecule has 2 N–H and O–H groups in total. The summed E-state index contributed by atoms with van der Waals surface area (Å²) in [7, 11) is 0. The first-order chi connectivity index (χ1) is 24.2. The summed E-state index contributed by atoms with van der Waals surface area (Å²) >= 11 is 0. The van der Waals surface area contributed by atoms with Crippen molar-refractivity contribution in [3.63, 3.8) is 0 Å². The number of nitrogens with two attached hydrogens (primary N) is 1. The molecule has 4 aromatic rings. The topological polar surface area (TPSA) is 75.5 Å². The third-order valence-corrected chi connectivity index (χ3v) is 8.95. The molecule has 0 saturated carbocycles. The zero-order valence-electron chi connectivity index (χ0n) is 26.5. The van der Waals surface area contributed by atoms with Gasteiger partial charge in [-0.05, 0) is 83.0 Å². The van der Waals surface area contributed by atoms with Crippen LogP contribution < -0.4 is 5.73 Å². The quantitative estimate of drug-likeness (QED) is 0.225. The largest absolute Gasteiger partial charge is 0.399 e. The molecule has 49 heavy (non-hydrogen) atoms. The van der Waals surface area contributed by atoms with Crippen molar-refractivity contribution in [1.29, 1.82) is 0 Å². The average molecular weight is 628 g/mol. The number of allylic oxidation sites excluding steroid dienone is 12. The summed E-state index contributed by atoms with van der Waals surface area (Å²) in [5.74, 6) is 0. The molecule has 5 heteroatoms. The molecule has 5 heterocycles. The Morgan fingerprint density at radius 1 is 0.388 bits per heavy atom. The van der Waals surface area contributed by atoms with Gasteiger partial charge >= 0.3 is 0 Å². The highest BCUT2D eigenvalue weighted by atomic mass is 14.9. The molecule has 0 radical (unpaired) electrons. The van der Waals surface area contributed by atoms with Crippen LogP contribution in [0.25, 0.3) is 22.3 Å². The van der Waals surface area contributed by atoms with Gasteiger partial charge in [-0.15, -0.1) is 0 Å². The molecule has 9 rings (SSSR count). The van der Waals surface area contributed by atoms with Gasteiger partial charge in [0.15, 0.2) is 0 Å². The van der Waals surface area contributed by atoms with Crippen molar-refractivity contribution in [1.82, 2.24) is 0 Å². The second-order valence-corrected chi connectivity index (χ2v) is 12.1. The molecule has 0 aliphatic carbocycles. The molecule has 0 amide bonds. The third-order valence-electron chi connectivity index (χ3n) is 8.95. The van der Waals surface area contributed by atoms with Crippen LogP contribution >= 0.6 is 0 Å². The maximum absolute atomic E-state index is 6.12. The number of hydrogen-bond acceptors (Lipinski definition) is 5. The van der Waals surface area contributed by atoms with Crippen LogP contribution in [0.15, 0.2) is 207 Å². The van der Waals surface area contributed by atoms with Crippen molar-refractivity contribution in [2.75, 3.05) is 5.73 Å². The van der Waals surface area contributed by atoms with E-state index in [1.807, 2.05) is 66.7 Å². The van der Waals surface area contributed by atoms with Crippen molar-refractivity contribution < 1.29 is 0 Å². The van der Waals surface area contributed by atoms with E-state index in [4.69, 9.17) is 25.7 Å². The zero-order valence-corrected chi connectivity index (χ0v) is 26.5. The Labute approximate surface area is 284 Å². The SMILES string of the molecule is Nc1ccc(C2=CC3=CC4=NC(=C(c5ccccc5)C5=NC(=C(c6ccccc6)C6=NC(=C(c7ccccc7)C2=N3)C=C6)C=C5)C=C4)cc1. The van der Waals surface area contributed by atoms with Gasteiger partial charge in [-0.25, -0.2) is 20.0 Å². The van der Waals surface area contributed by atoms with E-state index in [2.05, 4.69) is 97.1 Å². The first-order valence-corrected chi connectivity index (χ1v) is 16.3. The minimum absolute atomic E-state index is 0.712. The van der Waals surface area contributed by atoms with Crippen LogP contribution in [0.2, 0.25) is 0 Å². The number of rotatable bonds is 4. The van der Waals surface area contributed by atoms with E-state index in [0.29, 0.717) is 5.69 Å². The van der Waals surface area contributed by atoms with Crippen molar-refractivity contribution in [2.45, 2.75) is 0 Å². The molecule has 8 bridgehead atoms. The molecule has 5 aliphatic heterocycles. The van der Waals surface area contributed by atoms with Crippen LogP contribution in [0.1, 0.15) is 22.3 Å². The zero-order chi connectivity index (χ0) is 32.7. The van der Waals surface area contributed by atoms with E-state index >= 15 is 0 Å². The first-order valence-electron chi connectivity index (χ1n) is 16.3. The van der Waals surface area contributed by atoms with E-state index in [0.717, 1.165) is 90.2 Å². The minimum Gasteiger partial charge on any atom is -0.399 e. The predicted molar refractivity (Wildman–Crippen MR) is 204 cm³/mol. The summed E-state index contributed by atoms with van der Waals surface area (Å²) < 4.78 is 0. The number of hydrogen-bond donors (Lipinski definition) is 1. The monoisotopic (exact) mass is 627 g/mol. The molecule has 5 nitrogen and oxygen atoms in total. The molecule has 5 aliphatic rings. The lowest BCUT2D eigenvalue weighted by molar-refractivity contribution is 1.41. The molecule has 0 aromatic heterocycles. The molecule has 230 valence electrons. The van der Waals surface area contributed by atoms with Crippen LogP contribution in [0, 0.1) is 0 Å². The number of benzene rings is 4. The summed E-state index contributed by atoms with van der Waals surface area (Å²) in [4.78, 5) is 21.1. The Balaban J connectivity index is 1.35. The van der Waals surface area contributed by atoms with Crippen molar-refractivity contribution >= 4 is 50.8 Å². The van der Waals surface area contributed by atoms with E-state index in [-0.39, 0.29) is 0 Å². The average Bonchev–Trinajstić information content (AvgIpc) is 3.97. The van der Waals surface area contributed by atoms with Crippen LogP contribution in [0.4, 0.5) is 5.69 Å². The normalized spacial score (nSPS) is 17.7. The third kappa shape index (κ3) is 5.24. The van der Waals surface area contributed by atoms with Gasteiger partial charge in [-0.3, -0.25) is 0 Å². The van der Waals surface area contributed by atoms with Crippen molar-refractivity contribution in [3.05, 3.63) is 209 Å². The number of anilines is 1. The summed E-state index contributed by atoms with van der Waals surface area (Å²) in [5.41, 5.74) is 21.6. The Morgan fingerprint density at radius 3 is 1.45 bits per heavy atom. The smallest absolute Gasteiger partial charge is 0.0816 e. The highest BCUT2D eigenvalue weighted by Crippen LogP contribution is 2.39. The van der Waals surface area contributed by atoms with E-state index in [9.17, 15) is 0 Å². The van der Waals surface area contributed by atoms with Crippen LogP contribution in [0.5, 0.6) is 0 Å². The summed E-state index contributed by atoms with van der Waals surface area (Å²) in [6.07, 6.45) is 16.7. The maximum atomic E-state index is 6.12. The van der Waals surface area contributed by atoms with Gasteiger partial charge in [-0.2, -0.15) is 0 Å². The van der Waals surface area contributed by atoms with Gasteiger partial charge in [0, 0.05) is 28.0 Å². The van der Waals surface area contributed by atoms with Crippen LogP contribution in [-0.4, -0.2) is 22.8 Å². The van der Waals surface area contributed by atoms with Crippen molar-refractivity contribution in [3.8, 4) is 0 Å². The molecular formula is C44H29N5. The van der Waals surface area contributed by atoms with Crippen molar-refractivity contribution in [2.24, 2.45) is 20.0 Å². The standard InChI is InChI=1S/C44H29N5/c45-32-18-16-28(17-19-32)35-27-34-26-33-20-21-36(46-33)41(29-10-4-1-5-11-29)37-22-23-38(48-37)42(30-12-6-2-7-13-30)39-24-25-40(49-39)43(44(35)47-34)31-14-8-3-9-15-31/h1-27H,45H2. The van der Waals surface area contributed by atoms with Gasteiger partial charge < -0.3 is 5.73 Å². The summed E-state index contributed by atoms with van der Waals surface area (Å²) in [6, 6.07) is 39.0. The predicted octanol–water partition coefficient (Wildman–Crippen LogP) is 9.27. The fourth-order valence-electron chi connectivity index (χ4n) is 6.69. The maximum Gasteiger partial charge on any atom is 0.0816 e. The fourth-order valence-corrected chi connectivity index (χ4v) is 6.69. The highest BCUT2D eigenvalue weighted by Gasteiger charge is 2.28. The van der Waals surface area contributed by atoms with Gasteiger partial charge in [0.25, 0.3) is 0 Å². The second-order valence-electron chi connectivity index (χ2n) is 12.1. The summed E-state index contributed by atoms with van der Waals surface area (Å²) in [5, 5.41) is 0. The van der Waals surface area contributed by atoms with Crippen LogP contribution in [-0.2, 0) is 0 Å². The van der Waals surface area contributed by atoms with E-state index in [1.165, 1.54) is 0 Å². The number of fused-ring (bicyclic) bond motifs is 4. The highest BCUT2D eigenvalue weighted by molar-refractivity contribution is 6.48. The minimum atomic E-state index is 0.712. The fraction of sp³-hybridized carbons (Fsp3) is 0. The second kappa shape index (κ2) is 11.8. The van der Waals surface area contributed by atoms with Gasteiger partial charge in [-0.1, -0.05) is 103 Å². The van der Waals surface area contributed by atoms with Gasteiger partial charge in [0.2, 0.25) is 0 Å². The lowest BCUT2D eigenvalue weighted by Gasteiger charge is -2.14. The first kappa shape index (κ1) is 28.5. The number of aliphatic imine (C=N–C) groups is 4. The molecular weight excluding hydrogens is 599 g/mol. The Kier molecular flexibility index (Phi) is 6.87. The molecule has 0 saturated heterocycles. The molecule has 4 aromatic carbocycles. The van der Waals surface area contributed by atoms with E-state index < -0.39 is 0 Å². The molecule has 0 fully saturated rings. The summed E-state index contributed by atoms with van der Waals surface area (Å²) in [6.45, 7) is 0. The Morgan fingerprint density at radius 2 is 0.878 bits per heavy atom. The molecule has 0 unspecified atom stereocenters. The van der Waals surface area contributed by atoms with Crippen LogP contribution in [0.3, 0.4) is 0 Å². The number of nitrogens with zero attached hydrogens (tertiary/aromatic N) is 4. The molecule has 0 spiro atoms. The molecule has 0 atom stereocenters. The number of nitrogen functional groups attached to an aromatic ring is 1.